The fraction of sp³-hybridized carbons (Fsp3) is 1.00. The van der Waals surface area contributed by atoms with Gasteiger partial charge in [0.15, 0.2) is 0 Å². The lowest BCUT2D eigenvalue weighted by Gasteiger charge is -2.47. The predicted octanol–water partition coefficient (Wildman–Crippen LogP) is 21.1. The van der Waals surface area contributed by atoms with Crippen molar-refractivity contribution in [3.63, 3.8) is 0 Å². The van der Waals surface area contributed by atoms with E-state index in [0.717, 1.165) is 19.3 Å². The maximum absolute atomic E-state index is 13.4. The Kier molecular flexibility index (Phi) is 49.5. The summed E-state index contributed by atoms with van der Waals surface area (Å²) in [6, 6.07) is 0. The molecule has 0 atom stereocenters. The summed E-state index contributed by atoms with van der Waals surface area (Å²) >= 11 is 0. The number of rotatable bonds is 52. The van der Waals surface area contributed by atoms with Crippen molar-refractivity contribution in [2.24, 2.45) is 0 Å². The van der Waals surface area contributed by atoms with Gasteiger partial charge in [0, 0.05) is 5.54 Å². The van der Waals surface area contributed by atoms with E-state index < -0.39 is 0 Å². The molecule has 2 heteroatoms. The Morgan fingerprint density at radius 1 is 0.224 bits per heavy atom. The quantitative estimate of drug-likeness (QED) is 0.0451. The Labute approximate surface area is 369 Å². The van der Waals surface area contributed by atoms with E-state index in [1.165, 1.54) is 313 Å². The lowest BCUT2D eigenvalue weighted by atomic mass is 9.81. The van der Waals surface area contributed by atoms with Crippen LogP contribution in [0, 0.1) is 5.21 Å². The predicted molar refractivity (Wildman–Crippen MR) is 266 cm³/mol. The second kappa shape index (κ2) is 49.6. The van der Waals surface area contributed by atoms with Gasteiger partial charge in [-0.3, -0.25) is 0 Å². The van der Waals surface area contributed by atoms with Crippen LogP contribution < -0.4 is 0 Å². The molecular weight excluding hydrogens is 703 g/mol. The molecule has 0 aromatic carbocycles. The van der Waals surface area contributed by atoms with Crippen LogP contribution in [0.1, 0.15) is 348 Å². The fourth-order valence-electron chi connectivity index (χ4n) is 9.85. The Morgan fingerprint density at radius 3 is 0.466 bits per heavy atom. The Hall–Kier alpha value is -0.0800. The fourth-order valence-corrected chi connectivity index (χ4v) is 9.85. The first-order chi connectivity index (χ1) is 28.6. The van der Waals surface area contributed by atoms with E-state index in [1.807, 2.05) is 7.05 Å². The minimum atomic E-state index is -0.109. The van der Waals surface area contributed by atoms with E-state index in [-0.39, 0.29) is 5.54 Å². The second-order valence-corrected chi connectivity index (χ2v) is 19.9. The molecule has 0 rings (SSSR count). The molecule has 0 bridgehead atoms. The number of hydroxylamine groups is 2. The van der Waals surface area contributed by atoms with Gasteiger partial charge in [-0.05, 0) is 26.3 Å². The maximum atomic E-state index is 13.4. The minimum absolute atomic E-state index is 0.109. The van der Waals surface area contributed by atoms with E-state index in [9.17, 15) is 5.21 Å². The van der Waals surface area contributed by atoms with Gasteiger partial charge < -0.3 is 10.3 Å². The zero-order valence-electron chi connectivity index (χ0n) is 41.4. The molecule has 0 radical (unpaired) electrons. The summed E-state index contributed by atoms with van der Waals surface area (Å²) in [5, 5.41) is 14.8. The van der Waals surface area contributed by atoms with Crippen LogP contribution in [-0.2, 0) is 0 Å². The van der Waals surface area contributed by atoms with Crippen LogP contribution in [0.2, 0.25) is 0 Å². The zero-order valence-corrected chi connectivity index (χ0v) is 41.4. The van der Waals surface area contributed by atoms with Gasteiger partial charge in [0.1, 0.15) is 0 Å². The van der Waals surface area contributed by atoms with Crippen molar-refractivity contribution in [3.8, 4) is 0 Å². The van der Waals surface area contributed by atoms with Crippen molar-refractivity contribution < 1.29 is 0 Å². The molecule has 0 aliphatic carbocycles. The highest BCUT2D eigenvalue weighted by Crippen LogP contribution is 2.34. The number of nitrogens with zero attached hydrogens (tertiary/aromatic N) is 1. The zero-order chi connectivity index (χ0) is 42.1. The highest BCUT2D eigenvalue weighted by Gasteiger charge is 2.28. The van der Waals surface area contributed by atoms with Crippen LogP contribution in [0.4, 0.5) is 0 Å². The molecule has 0 aliphatic rings. The van der Waals surface area contributed by atoms with E-state index in [0.29, 0.717) is 0 Å². The third-order valence-corrected chi connectivity index (χ3v) is 14.2. The van der Waals surface area contributed by atoms with Crippen LogP contribution in [0.3, 0.4) is 0 Å². The summed E-state index contributed by atoms with van der Waals surface area (Å²) in [6.45, 7) is 6.93. The third-order valence-electron chi connectivity index (χ3n) is 14.2. The van der Waals surface area contributed by atoms with Gasteiger partial charge in [0.05, 0.1) is 0 Å². The van der Waals surface area contributed by atoms with Gasteiger partial charge in [0.25, 0.3) is 0 Å². The monoisotopic (exact) mass is 817 g/mol. The summed E-state index contributed by atoms with van der Waals surface area (Å²) in [7, 11) is 1.88. The first kappa shape index (κ1) is 57.9. The molecule has 0 saturated heterocycles. The SMILES string of the molecule is CCCCCCCCCCCCCCCCCCC(CCCCCCCCCCCCCCCCCC)(CCCCCCCCCCCCCCCCCC)N(C)[O-]. The average molecular weight is 818 g/mol. The van der Waals surface area contributed by atoms with E-state index in [1.54, 1.807) is 0 Å². The lowest BCUT2D eigenvalue weighted by molar-refractivity contribution is 0.124. The van der Waals surface area contributed by atoms with E-state index >= 15 is 0 Å². The molecule has 0 unspecified atom stereocenters. The lowest BCUT2D eigenvalue weighted by Crippen LogP contribution is -2.43. The highest BCUT2D eigenvalue weighted by atomic mass is 16.5. The summed E-state index contributed by atoms with van der Waals surface area (Å²) < 4.78 is 0. The largest absolute Gasteiger partial charge is 0.785 e. The summed E-state index contributed by atoms with van der Waals surface area (Å²) in [5.74, 6) is 0. The third kappa shape index (κ3) is 42.6. The van der Waals surface area contributed by atoms with Crippen LogP contribution >= 0.6 is 0 Å². The molecule has 0 saturated carbocycles. The topological polar surface area (TPSA) is 26.3 Å². The van der Waals surface area contributed by atoms with Gasteiger partial charge in [-0.1, -0.05) is 329 Å². The van der Waals surface area contributed by atoms with Crippen LogP contribution in [-0.4, -0.2) is 17.6 Å². The van der Waals surface area contributed by atoms with E-state index in [2.05, 4.69) is 20.8 Å². The molecular formula is C56H114NO-. The van der Waals surface area contributed by atoms with Crippen molar-refractivity contribution in [2.75, 3.05) is 7.05 Å². The Balaban J connectivity index is 4.32. The maximum Gasteiger partial charge on any atom is 0.00884 e. The summed E-state index contributed by atoms with van der Waals surface area (Å²) in [5.41, 5.74) is -0.109. The molecule has 2 nitrogen and oxygen atoms in total. The molecule has 0 amide bonds. The van der Waals surface area contributed by atoms with Gasteiger partial charge in [0.2, 0.25) is 0 Å². The highest BCUT2D eigenvalue weighted by molar-refractivity contribution is 4.89. The van der Waals surface area contributed by atoms with Crippen molar-refractivity contribution >= 4 is 0 Å². The van der Waals surface area contributed by atoms with Crippen LogP contribution in [0.15, 0.2) is 0 Å². The second-order valence-electron chi connectivity index (χ2n) is 19.9. The normalized spacial score (nSPS) is 12.1. The van der Waals surface area contributed by atoms with Crippen LogP contribution in [0.5, 0.6) is 0 Å². The smallest absolute Gasteiger partial charge is 0.00884 e. The molecule has 0 N–H and O–H groups in total. The van der Waals surface area contributed by atoms with Crippen molar-refractivity contribution in [3.05, 3.63) is 5.21 Å². The standard InChI is InChI=1S/C56H114NO/c1-5-8-11-14-17-20-23-26-29-32-35-38-41-44-47-50-53-56(57(4)58,54-51-48-45-42-39-36-33-30-27-24-21-18-15-12-9-6-2)55-52-49-46-43-40-37-34-31-28-25-22-19-16-13-10-7-3/h5-55H2,1-4H3/q-1. The number of unbranched alkanes of at least 4 members (excludes halogenated alkanes) is 45. The molecule has 0 heterocycles. The van der Waals surface area contributed by atoms with Crippen molar-refractivity contribution in [1.29, 1.82) is 0 Å². The van der Waals surface area contributed by atoms with Gasteiger partial charge in [-0.15, -0.1) is 0 Å². The molecule has 0 aromatic rings. The number of hydrogen-bond donors (Lipinski definition) is 0. The Morgan fingerprint density at radius 2 is 0.345 bits per heavy atom. The molecule has 0 fully saturated rings. The minimum Gasteiger partial charge on any atom is -0.785 e. The molecule has 350 valence electrons. The molecule has 0 aliphatic heterocycles. The summed E-state index contributed by atoms with van der Waals surface area (Å²) in [4.78, 5) is 0. The molecule has 0 aromatic heterocycles. The van der Waals surface area contributed by atoms with Gasteiger partial charge >= 0.3 is 0 Å². The first-order valence-electron chi connectivity index (χ1n) is 28.0. The average Bonchev–Trinajstić information content (AvgIpc) is 3.22. The van der Waals surface area contributed by atoms with Gasteiger partial charge in [-0.25, -0.2) is 0 Å². The van der Waals surface area contributed by atoms with Crippen molar-refractivity contribution in [1.82, 2.24) is 5.06 Å². The first-order valence-corrected chi connectivity index (χ1v) is 28.0. The van der Waals surface area contributed by atoms with Crippen LogP contribution in [0.25, 0.3) is 0 Å². The van der Waals surface area contributed by atoms with E-state index in [4.69, 9.17) is 0 Å². The van der Waals surface area contributed by atoms with Crippen molar-refractivity contribution in [2.45, 2.75) is 354 Å². The van der Waals surface area contributed by atoms with Gasteiger partial charge in [-0.2, -0.15) is 0 Å². The number of hydrogen-bond acceptors (Lipinski definition) is 2. The Bertz CT molecular complexity index is 631. The molecule has 0 spiro atoms. The summed E-state index contributed by atoms with van der Waals surface area (Å²) in [6.07, 6.45) is 71.2. The molecule has 58 heavy (non-hydrogen) atoms.